The molecule has 0 aromatic rings. The molecule has 0 aromatic heterocycles. The van der Waals surface area contributed by atoms with Crippen LogP contribution < -0.4 is 0 Å². The predicted molar refractivity (Wildman–Crippen MR) is 195 cm³/mol. The van der Waals surface area contributed by atoms with Gasteiger partial charge in [0.05, 0.1) is 35.7 Å². The lowest BCUT2D eigenvalue weighted by Gasteiger charge is -2.42. The van der Waals surface area contributed by atoms with Crippen LogP contribution in [0.25, 0.3) is 0 Å². The Labute approximate surface area is 308 Å². The van der Waals surface area contributed by atoms with Gasteiger partial charge in [-0.1, -0.05) is 20.8 Å². The molecule has 51 heavy (non-hydrogen) atoms. The second-order valence-electron chi connectivity index (χ2n) is 15.9. The third kappa shape index (κ3) is 10.7. The zero-order valence-electron chi connectivity index (χ0n) is 34.5. The molecule has 12 nitrogen and oxygen atoms in total. The molecule has 0 amide bonds. The van der Waals surface area contributed by atoms with Gasteiger partial charge in [0.15, 0.2) is 11.4 Å². The van der Waals surface area contributed by atoms with Crippen molar-refractivity contribution < 1.29 is 52.6 Å². The molecule has 12 atom stereocenters. The lowest BCUT2D eigenvalue weighted by atomic mass is 9.79. The van der Waals surface area contributed by atoms with Gasteiger partial charge < -0.3 is 47.9 Å². The summed E-state index contributed by atoms with van der Waals surface area (Å²) in [5.41, 5.74) is -2.29. The zero-order valence-corrected chi connectivity index (χ0v) is 34.5. The number of ether oxygens (including phenoxy) is 8. The highest BCUT2D eigenvalue weighted by Crippen LogP contribution is 2.45. The van der Waals surface area contributed by atoms with Crippen molar-refractivity contribution in [2.45, 2.75) is 168 Å². The van der Waals surface area contributed by atoms with Crippen LogP contribution in [0.4, 0.5) is 0 Å². The van der Waals surface area contributed by atoms with Gasteiger partial charge in [-0.15, -0.1) is 0 Å². The lowest BCUT2D eigenvalue weighted by Crippen LogP contribution is -2.53. The fourth-order valence-corrected chi connectivity index (χ4v) is 7.74. The Balaban J connectivity index is 2.57. The molecule has 0 aromatic carbocycles. The average Bonchev–Trinajstić information content (AvgIpc) is 3.40. The van der Waals surface area contributed by atoms with Crippen molar-refractivity contribution in [1.82, 2.24) is 4.90 Å². The van der Waals surface area contributed by atoms with Gasteiger partial charge in [-0.25, -0.2) is 0 Å². The fraction of sp³-hybridized carbons (Fsp3) is 0.897. The maximum Gasteiger partial charge on any atom is 0.311 e. The number of Topliss-reactive ketones (excluding diaryl/α,β-unsaturated/α-hetero) is 1. The second-order valence-corrected chi connectivity index (χ2v) is 15.9. The highest BCUT2D eigenvalue weighted by atomic mass is 16.7. The van der Waals surface area contributed by atoms with Crippen molar-refractivity contribution in [2.24, 2.45) is 17.8 Å². The van der Waals surface area contributed by atoms with Crippen molar-refractivity contribution in [2.75, 3.05) is 41.9 Å². The monoisotopic (exact) mass is 730 g/mol. The number of aliphatic hydroxyl groups excluding tert-OH is 1. The van der Waals surface area contributed by atoms with E-state index in [1.165, 1.54) is 14.2 Å². The number of esters is 1. The fourth-order valence-electron chi connectivity index (χ4n) is 7.74. The molecule has 12 heteroatoms. The molecule has 2 bridgehead atoms. The van der Waals surface area contributed by atoms with E-state index in [0.717, 1.165) is 18.4 Å². The molecule has 2 rings (SSSR count). The van der Waals surface area contributed by atoms with Crippen LogP contribution in [-0.4, -0.2) is 123 Å². The zero-order chi connectivity index (χ0) is 39.1. The number of ketones is 1. The van der Waals surface area contributed by atoms with Crippen LogP contribution in [0.2, 0.25) is 0 Å². The molecule has 1 fully saturated rings. The molecule has 0 spiro atoms. The molecule has 1 saturated heterocycles. The molecule has 2 aliphatic heterocycles. The summed E-state index contributed by atoms with van der Waals surface area (Å²) in [6.07, 6.45) is -1.32. The van der Waals surface area contributed by atoms with Crippen LogP contribution in [-0.2, 0) is 47.5 Å². The first-order valence-electron chi connectivity index (χ1n) is 18.7. The van der Waals surface area contributed by atoms with E-state index < -0.39 is 71.0 Å². The van der Waals surface area contributed by atoms with Crippen LogP contribution in [0.5, 0.6) is 0 Å². The Kier molecular flexibility index (Phi) is 17.0. The summed E-state index contributed by atoms with van der Waals surface area (Å²) in [4.78, 5) is 30.4. The number of carbonyl (C=O) groups is 2. The number of allylic oxidation sites excluding steroid dienone is 1. The Morgan fingerprint density at radius 3 is 2.16 bits per heavy atom. The number of nitrogens with zero attached hydrogens (tertiary/aromatic N) is 1. The summed E-state index contributed by atoms with van der Waals surface area (Å²) < 4.78 is 49.5. The summed E-state index contributed by atoms with van der Waals surface area (Å²) in [5, 5.41) is 10.9. The normalized spacial score (nSPS) is 33.5. The molecule has 0 saturated carbocycles. The Morgan fingerprint density at radius 2 is 1.63 bits per heavy atom. The number of rotatable bonds is 17. The van der Waals surface area contributed by atoms with Crippen molar-refractivity contribution >= 4 is 11.8 Å². The number of aliphatic hydroxyl groups is 1. The van der Waals surface area contributed by atoms with E-state index in [4.69, 9.17) is 37.9 Å². The van der Waals surface area contributed by atoms with E-state index in [2.05, 4.69) is 25.9 Å². The molecule has 0 aliphatic carbocycles. The third-order valence-electron chi connectivity index (χ3n) is 11.5. The van der Waals surface area contributed by atoms with Crippen molar-refractivity contribution in [3.05, 3.63) is 11.3 Å². The number of cyclic esters (lactones) is 1. The van der Waals surface area contributed by atoms with Crippen LogP contribution in [0.15, 0.2) is 11.3 Å². The first-order chi connectivity index (χ1) is 23.6. The standard InChI is InChI=1S/C39H71NO11/c1-17-29(40(13)14)19-24(4)46-21-49-35-26(6)32(48-22-47-28(8)34(42)37(9,10)44-15)27(7)36(43)50-30(18-2)39(12,45-16)33(41)25(5)31-23(3)20-38(35,11)51-31/h24-30,32,34-35,42H,17-22H2,1-16H3/t24-,25+,26+,27-,28+,29-,30-,32+,34+,35-,38-,39-/m1/s1. The minimum Gasteiger partial charge on any atom is -0.488 e. The molecule has 0 unspecified atom stereocenters. The number of fused-ring (bicyclic) bond motifs is 2. The number of carbonyl (C=O) groups excluding carboxylic acids is 2. The SMILES string of the molecule is CC[C@H](C[C@@H](C)OCO[C@@H]1[C@@H](C)[C@H](OCO[C@@H](C)[C@H](O)C(C)(C)OC)[C@@H](C)C(=O)O[C@H](CC)[C@@](C)(OC)C(=O)[C@@H](C)C2=C(C)C[C@@]1(C)O2)N(C)C. The first-order valence-corrected chi connectivity index (χ1v) is 18.7. The van der Waals surface area contributed by atoms with Gasteiger partial charge in [0.1, 0.15) is 43.3 Å². The smallest absolute Gasteiger partial charge is 0.311 e. The Hall–Kier alpha value is -1.64. The maximum atomic E-state index is 14.2. The third-order valence-corrected chi connectivity index (χ3v) is 11.5. The summed E-state index contributed by atoms with van der Waals surface area (Å²) >= 11 is 0. The van der Waals surface area contributed by atoms with Crippen LogP contribution in [0, 0.1) is 17.8 Å². The average molecular weight is 730 g/mol. The van der Waals surface area contributed by atoms with Gasteiger partial charge in [0.2, 0.25) is 0 Å². The maximum absolute atomic E-state index is 14.2. The van der Waals surface area contributed by atoms with E-state index in [1.54, 1.807) is 34.6 Å². The van der Waals surface area contributed by atoms with Crippen LogP contribution in [0.1, 0.15) is 109 Å². The largest absolute Gasteiger partial charge is 0.488 e. The molecule has 0 radical (unpaired) electrons. The number of hydrogen-bond acceptors (Lipinski definition) is 12. The second kappa shape index (κ2) is 19.1. The highest BCUT2D eigenvalue weighted by molar-refractivity contribution is 5.92. The highest BCUT2D eigenvalue weighted by Gasteiger charge is 2.54. The first kappa shape index (κ1) is 45.5. The van der Waals surface area contributed by atoms with Gasteiger partial charge in [-0.05, 0) is 101 Å². The van der Waals surface area contributed by atoms with Crippen LogP contribution in [0.3, 0.4) is 0 Å². The molecule has 2 aliphatic rings. The molecule has 2 heterocycles. The molecule has 298 valence electrons. The topological polar surface area (TPSA) is 131 Å². The molecule has 1 N–H and O–H groups in total. The number of hydrogen-bond donors (Lipinski definition) is 1. The van der Waals surface area contributed by atoms with Gasteiger partial charge in [0, 0.05) is 32.6 Å². The summed E-state index contributed by atoms with van der Waals surface area (Å²) in [6, 6.07) is 0.359. The Bertz CT molecular complexity index is 1160. The quantitative estimate of drug-likeness (QED) is 0.146. The van der Waals surface area contributed by atoms with Crippen LogP contribution >= 0.6 is 0 Å². The predicted octanol–water partition coefficient (Wildman–Crippen LogP) is 5.67. The molecular weight excluding hydrogens is 658 g/mol. The van der Waals surface area contributed by atoms with E-state index in [1.807, 2.05) is 41.5 Å². The minimum absolute atomic E-state index is 0.0150. The number of methoxy groups -OCH3 is 2. The van der Waals surface area contributed by atoms with E-state index in [9.17, 15) is 14.7 Å². The van der Waals surface area contributed by atoms with Gasteiger partial charge >= 0.3 is 5.97 Å². The van der Waals surface area contributed by atoms with E-state index in [-0.39, 0.29) is 25.5 Å². The summed E-state index contributed by atoms with van der Waals surface area (Å²) in [5.74, 6) is -2.17. The van der Waals surface area contributed by atoms with Crippen molar-refractivity contribution in [3.8, 4) is 0 Å². The van der Waals surface area contributed by atoms with Crippen molar-refractivity contribution in [3.63, 3.8) is 0 Å². The van der Waals surface area contributed by atoms with Crippen molar-refractivity contribution in [1.29, 1.82) is 0 Å². The lowest BCUT2D eigenvalue weighted by molar-refractivity contribution is -0.225. The van der Waals surface area contributed by atoms with Gasteiger partial charge in [-0.2, -0.15) is 0 Å². The molecular formula is C39H71NO11. The van der Waals surface area contributed by atoms with Gasteiger partial charge in [-0.3, -0.25) is 9.59 Å². The van der Waals surface area contributed by atoms with Gasteiger partial charge in [0.25, 0.3) is 0 Å². The Morgan fingerprint density at radius 1 is 1.02 bits per heavy atom. The minimum atomic E-state index is -1.43. The summed E-state index contributed by atoms with van der Waals surface area (Å²) in [6.45, 7) is 22.2. The van der Waals surface area contributed by atoms with E-state index in [0.29, 0.717) is 24.6 Å². The summed E-state index contributed by atoms with van der Waals surface area (Å²) in [7, 11) is 7.12. The van der Waals surface area contributed by atoms with E-state index >= 15 is 0 Å².